The van der Waals surface area contributed by atoms with Crippen molar-refractivity contribution in [3.63, 3.8) is 0 Å². The van der Waals surface area contributed by atoms with Gasteiger partial charge in [-0.3, -0.25) is 14.4 Å². The van der Waals surface area contributed by atoms with E-state index in [-0.39, 0.29) is 48.6 Å². The maximum absolute atomic E-state index is 14.8. The molecule has 1 aliphatic rings. The number of hydrogen-bond donors (Lipinski definition) is 2. The van der Waals surface area contributed by atoms with Crippen LogP contribution in [-0.4, -0.2) is 40.4 Å². The highest BCUT2D eigenvalue weighted by Gasteiger charge is 2.34. The summed E-state index contributed by atoms with van der Waals surface area (Å²) in [5.74, 6) is -0.868. The van der Waals surface area contributed by atoms with Crippen molar-refractivity contribution in [3.8, 4) is 0 Å². The molecule has 1 fully saturated rings. The maximum atomic E-state index is 14.8. The van der Waals surface area contributed by atoms with Crippen molar-refractivity contribution in [2.75, 3.05) is 11.9 Å². The fourth-order valence-corrected chi connectivity index (χ4v) is 4.22. The summed E-state index contributed by atoms with van der Waals surface area (Å²) >= 11 is 0. The predicted molar refractivity (Wildman–Crippen MR) is 125 cm³/mol. The number of nitrogens with one attached hydrogen (secondary N) is 2. The Morgan fingerprint density at radius 1 is 1.21 bits per heavy atom. The third kappa shape index (κ3) is 6.88. The number of halogens is 1. The number of carbonyl (C=O) groups excluding carboxylic acids is 3. The van der Waals surface area contributed by atoms with Gasteiger partial charge in [0.25, 0.3) is 0 Å². The van der Waals surface area contributed by atoms with Gasteiger partial charge in [0.1, 0.15) is 17.6 Å². The lowest BCUT2D eigenvalue weighted by Gasteiger charge is -2.32. The van der Waals surface area contributed by atoms with Crippen LogP contribution >= 0.6 is 0 Å². The predicted octanol–water partition coefficient (Wildman–Crippen LogP) is 4.27. The van der Waals surface area contributed by atoms with E-state index in [0.717, 1.165) is 32.1 Å². The minimum Gasteiger partial charge on any atom is -0.360 e. The van der Waals surface area contributed by atoms with E-state index in [2.05, 4.69) is 15.8 Å². The number of benzene rings is 1. The first-order valence-electron chi connectivity index (χ1n) is 12.0. The van der Waals surface area contributed by atoms with Crippen LogP contribution in [0.2, 0.25) is 0 Å². The van der Waals surface area contributed by atoms with Crippen molar-refractivity contribution in [2.24, 2.45) is 0 Å². The zero-order chi connectivity index (χ0) is 24.5. The average Bonchev–Trinajstić information content (AvgIpc) is 3.47. The van der Waals surface area contributed by atoms with E-state index in [9.17, 15) is 18.8 Å². The Bertz CT molecular complexity index is 987. The molecule has 1 unspecified atom stereocenters. The molecule has 1 heterocycles. The molecule has 1 atom stereocenters. The highest BCUT2D eigenvalue weighted by molar-refractivity contribution is 5.94. The molecule has 1 aromatic carbocycles. The van der Waals surface area contributed by atoms with Crippen LogP contribution in [0.25, 0.3) is 0 Å². The molecule has 0 bridgehead atoms. The lowest BCUT2D eigenvalue weighted by Crippen LogP contribution is -2.47. The van der Waals surface area contributed by atoms with Crippen molar-refractivity contribution >= 4 is 23.5 Å². The third-order valence-electron chi connectivity index (χ3n) is 6.00. The summed E-state index contributed by atoms with van der Waals surface area (Å²) in [6, 6.07) is 6.56. The molecular formula is C25H33FN4O4. The van der Waals surface area contributed by atoms with Gasteiger partial charge in [-0.25, -0.2) is 4.39 Å². The van der Waals surface area contributed by atoms with Crippen molar-refractivity contribution in [1.82, 2.24) is 15.4 Å². The Hall–Kier alpha value is -3.23. The largest absolute Gasteiger partial charge is 0.360 e. The van der Waals surface area contributed by atoms with Gasteiger partial charge in [-0.1, -0.05) is 49.5 Å². The van der Waals surface area contributed by atoms with E-state index in [4.69, 9.17) is 4.52 Å². The summed E-state index contributed by atoms with van der Waals surface area (Å²) in [7, 11) is 0. The smallest absolute Gasteiger partial charge is 0.247 e. The summed E-state index contributed by atoms with van der Waals surface area (Å²) in [5, 5.41) is 9.32. The van der Waals surface area contributed by atoms with Crippen molar-refractivity contribution in [1.29, 1.82) is 0 Å². The van der Waals surface area contributed by atoms with Crippen LogP contribution in [0.3, 0.4) is 0 Å². The second kappa shape index (κ2) is 12.3. The lowest BCUT2D eigenvalue weighted by molar-refractivity contribution is -0.142. The molecule has 3 rings (SSSR count). The number of rotatable bonds is 11. The van der Waals surface area contributed by atoms with Gasteiger partial charge in [0.15, 0.2) is 5.82 Å². The molecule has 2 aromatic rings. The zero-order valence-corrected chi connectivity index (χ0v) is 19.8. The van der Waals surface area contributed by atoms with E-state index in [0.29, 0.717) is 12.2 Å². The highest BCUT2D eigenvalue weighted by atomic mass is 19.1. The van der Waals surface area contributed by atoms with Crippen molar-refractivity contribution in [2.45, 2.75) is 77.3 Å². The van der Waals surface area contributed by atoms with Crippen LogP contribution in [0.5, 0.6) is 0 Å². The normalized spacial score (nSPS) is 14.6. The molecular weight excluding hydrogens is 439 g/mol. The van der Waals surface area contributed by atoms with E-state index in [1.54, 1.807) is 31.2 Å². The fourth-order valence-electron chi connectivity index (χ4n) is 4.22. The van der Waals surface area contributed by atoms with Crippen LogP contribution in [0.15, 0.2) is 34.9 Å². The minimum absolute atomic E-state index is 0.0293. The number of aryl methyl sites for hydroxylation is 1. The van der Waals surface area contributed by atoms with Crippen molar-refractivity contribution in [3.05, 3.63) is 47.5 Å². The molecule has 0 spiro atoms. The molecule has 8 nitrogen and oxygen atoms in total. The van der Waals surface area contributed by atoms with Gasteiger partial charge in [-0.05, 0) is 32.3 Å². The highest BCUT2D eigenvalue weighted by Crippen LogP contribution is 2.27. The SMILES string of the molecule is CCCCN(C(=O)CCC(=O)Nc1cc(C)on1)C(C(=O)NC1CCCC1)c1ccccc1F. The Labute approximate surface area is 199 Å². The number of aromatic nitrogens is 1. The third-order valence-corrected chi connectivity index (χ3v) is 6.00. The van der Waals surface area contributed by atoms with Crippen LogP contribution in [-0.2, 0) is 14.4 Å². The molecule has 34 heavy (non-hydrogen) atoms. The second-order valence-electron chi connectivity index (χ2n) is 8.73. The summed E-state index contributed by atoms with van der Waals surface area (Å²) in [4.78, 5) is 40.4. The van der Waals surface area contributed by atoms with Crippen LogP contribution < -0.4 is 10.6 Å². The minimum atomic E-state index is -1.10. The molecule has 9 heteroatoms. The van der Waals surface area contributed by atoms with Gasteiger partial charge in [0.05, 0.1) is 0 Å². The molecule has 0 radical (unpaired) electrons. The van der Waals surface area contributed by atoms with Crippen LogP contribution in [0.1, 0.15) is 75.7 Å². The van der Waals surface area contributed by atoms with Gasteiger partial charge >= 0.3 is 0 Å². The molecule has 1 aromatic heterocycles. The fraction of sp³-hybridized carbons (Fsp3) is 0.520. The van der Waals surface area contributed by atoms with Gasteiger partial charge in [0, 0.05) is 37.1 Å². The number of anilines is 1. The number of nitrogens with zero attached hydrogens (tertiary/aromatic N) is 2. The van der Waals surface area contributed by atoms with Crippen LogP contribution in [0, 0.1) is 12.7 Å². The Kier molecular flexibility index (Phi) is 9.18. The molecule has 0 saturated heterocycles. The monoisotopic (exact) mass is 472 g/mol. The first kappa shape index (κ1) is 25.4. The molecule has 184 valence electrons. The van der Waals surface area contributed by atoms with Gasteiger partial charge < -0.3 is 20.1 Å². The van der Waals surface area contributed by atoms with Gasteiger partial charge in [-0.2, -0.15) is 0 Å². The topological polar surface area (TPSA) is 105 Å². The van der Waals surface area contributed by atoms with Gasteiger partial charge in [0.2, 0.25) is 17.7 Å². The molecule has 2 N–H and O–H groups in total. The Balaban J connectivity index is 1.77. The van der Waals surface area contributed by atoms with E-state index < -0.39 is 17.8 Å². The Morgan fingerprint density at radius 3 is 2.59 bits per heavy atom. The number of hydrogen-bond acceptors (Lipinski definition) is 5. The maximum Gasteiger partial charge on any atom is 0.247 e. The van der Waals surface area contributed by atoms with Gasteiger partial charge in [-0.15, -0.1) is 0 Å². The Morgan fingerprint density at radius 2 is 1.94 bits per heavy atom. The zero-order valence-electron chi connectivity index (χ0n) is 19.8. The quantitative estimate of drug-likeness (QED) is 0.508. The van der Waals surface area contributed by atoms with E-state index in [1.165, 1.54) is 11.0 Å². The summed E-state index contributed by atoms with van der Waals surface area (Å²) < 4.78 is 19.7. The summed E-state index contributed by atoms with van der Waals surface area (Å²) in [6.45, 7) is 3.97. The molecule has 0 aliphatic heterocycles. The molecule has 1 aliphatic carbocycles. The first-order chi connectivity index (χ1) is 16.4. The molecule has 1 saturated carbocycles. The van der Waals surface area contributed by atoms with E-state index >= 15 is 0 Å². The summed E-state index contributed by atoms with van der Waals surface area (Å²) in [5.41, 5.74) is 0.157. The number of amides is 3. The first-order valence-corrected chi connectivity index (χ1v) is 12.0. The number of unbranched alkanes of at least 4 members (excludes halogenated alkanes) is 1. The molecule has 3 amide bonds. The lowest BCUT2D eigenvalue weighted by atomic mass is 10.0. The average molecular weight is 473 g/mol. The van der Waals surface area contributed by atoms with Crippen LogP contribution in [0.4, 0.5) is 10.2 Å². The van der Waals surface area contributed by atoms with E-state index in [1.807, 2.05) is 6.92 Å². The summed E-state index contributed by atoms with van der Waals surface area (Å²) in [6.07, 6.45) is 5.06. The second-order valence-corrected chi connectivity index (χ2v) is 8.73. The van der Waals surface area contributed by atoms with Crippen molar-refractivity contribution < 1.29 is 23.3 Å². The standard InChI is InChI=1S/C25H33FN4O4/c1-3-4-15-30(23(32)14-13-22(31)28-21-16-17(2)34-29-21)24(19-11-7-8-12-20(19)26)25(33)27-18-9-5-6-10-18/h7-8,11-12,16,18,24H,3-6,9-10,13-15H2,1-2H3,(H,27,33)(H,28,29,31). The number of carbonyl (C=O) groups is 3.